The molecule has 0 aliphatic carbocycles. The van der Waals surface area contributed by atoms with Gasteiger partial charge in [-0.25, -0.2) is 0 Å². The molecule has 2 aliphatic heterocycles. The van der Waals surface area contributed by atoms with Gasteiger partial charge in [-0.2, -0.15) is 0 Å². The molecule has 2 unspecified atom stereocenters. The van der Waals surface area contributed by atoms with Gasteiger partial charge >= 0.3 is 0 Å². The Labute approximate surface area is 124 Å². The van der Waals surface area contributed by atoms with Gasteiger partial charge in [-0.05, 0) is 37.4 Å². The monoisotopic (exact) mass is 287 g/mol. The first-order chi connectivity index (χ1) is 10.2. The molecule has 21 heavy (non-hydrogen) atoms. The lowest BCUT2D eigenvalue weighted by Gasteiger charge is -2.24. The van der Waals surface area contributed by atoms with E-state index in [4.69, 9.17) is 0 Å². The molecule has 5 nitrogen and oxygen atoms in total. The molecule has 1 aromatic rings. The van der Waals surface area contributed by atoms with E-state index in [2.05, 4.69) is 16.0 Å². The third kappa shape index (κ3) is 3.42. The van der Waals surface area contributed by atoms with Gasteiger partial charge in [-0.1, -0.05) is 18.2 Å². The highest BCUT2D eigenvalue weighted by atomic mass is 16.2. The number of amides is 2. The minimum absolute atomic E-state index is 0.0315. The number of nitrogens with one attached hydrogen (secondary N) is 3. The molecule has 0 bridgehead atoms. The van der Waals surface area contributed by atoms with Crippen LogP contribution in [0.15, 0.2) is 24.3 Å². The summed E-state index contributed by atoms with van der Waals surface area (Å²) in [7, 11) is 0. The van der Waals surface area contributed by atoms with E-state index in [0.717, 1.165) is 37.2 Å². The van der Waals surface area contributed by atoms with Crippen molar-refractivity contribution in [2.45, 2.75) is 31.7 Å². The molecule has 112 valence electrons. The minimum atomic E-state index is -0.104. The van der Waals surface area contributed by atoms with Crippen LogP contribution >= 0.6 is 0 Å². The maximum Gasteiger partial charge on any atom is 0.227 e. The average molecular weight is 287 g/mol. The molecule has 3 rings (SSSR count). The van der Waals surface area contributed by atoms with E-state index < -0.39 is 0 Å². The smallest absolute Gasteiger partial charge is 0.227 e. The standard InChI is InChI=1S/C16H21N3O2/c20-15(18-13-7-8-17-10-13)6-5-12-9-11-3-1-2-4-14(11)19-16(12)21/h1-4,12-13,17H,5-10H2,(H,18,20)(H,19,21). The van der Waals surface area contributed by atoms with E-state index in [0.29, 0.717) is 12.8 Å². The van der Waals surface area contributed by atoms with Gasteiger partial charge in [0.05, 0.1) is 0 Å². The Balaban J connectivity index is 1.51. The number of benzene rings is 1. The van der Waals surface area contributed by atoms with Gasteiger partial charge in [0.1, 0.15) is 0 Å². The van der Waals surface area contributed by atoms with E-state index in [1.54, 1.807) is 0 Å². The Hall–Kier alpha value is -1.88. The van der Waals surface area contributed by atoms with Crippen molar-refractivity contribution in [1.29, 1.82) is 0 Å². The molecule has 2 heterocycles. The van der Waals surface area contributed by atoms with Gasteiger partial charge in [0.15, 0.2) is 0 Å². The second kappa shape index (κ2) is 6.26. The molecule has 5 heteroatoms. The first-order valence-electron chi connectivity index (χ1n) is 7.61. The van der Waals surface area contributed by atoms with Gasteiger partial charge in [0, 0.05) is 30.6 Å². The van der Waals surface area contributed by atoms with Gasteiger partial charge in [-0.15, -0.1) is 0 Å². The zero-order valence-electron chi connectivity index (χ0n) is 12.0. The van der Waals surface area contributed by atoms with Crippen molar-refractivity contribution in [1.82, 2.24) is 10.6 Å². The Morgan fingerprint density at radius 3 is 3.00 bits per heavy atom. The normalized spacial score (nSPS) is 24.3. The number of rotatable bonds is 4. The largest absolute Gasteiger partial charge is 0.352 e. The highest BCUT2D eigenvalue weighted by Gasteiger charge is 2.26. The van der Waals surface area contributed by atoms with Crippen molar-refractivity contribution >= 4 is 17.5 Å². The summed E-state index contributed by atoms with van der Waals surface area (Å²) in [5.41, 5.74) is 2.06. The van der Waals surface area contributed by atoms with Crippen molar-refractivity contribution in [3.63, 3.8) is 0 Å². The lowest BCUT2D eigenvalue weighted by Crippen LogP contribution is -2.37. The third-order valence-corrected chi connectivity index (χ3v) is 4.26. The SMILES string of the molecule is O=C(CCC1Cc2ccccc2NC1=O)NC1CCNC1. The highest BCUT2D eigenvalue weighted by Crippen LogP contribution is 2.27. The number of fused-ring (bicyclic) bond motifs is 1. The Morgan fingerprint density at radius 1 is 1.33 bits per heavy atom. The van der Waals surface area contributed by atoms with E-state index in [1.165, 1.54) is 0 Å². The second-order valence-electron chi connectivity index (χ2n) is 5.84. The summed E-state index contributed by atoms with van der Waals surface area (Å²) in [5.74, 6) is -0.0215. The fourth-order valence-corrected chi connectivity index (χ4v) is 3.03. The number of hydrogen-bond acceptors (Lipinski definition) is 3. The number of carbonyl (C=O) groups is 2. The molecule has 0 aromatic heterocycles. The zero-order valence-corrected chi connectivity index (χ0v) is 12.0. The number of hydrogen-bond donors (Lipinski definition) is 3. The number of anilines is 1. The molecule has 3 N–H and O–H groups in total. The van der Waals surface area contributed by atoms with Crippen molar-refractivity contribution in [3.05, 3.63) is 29.8 Å². The van der Waals surface area contributed by atoms with Crippen LogP contribution in [0, 0.1) is 5.92 Å². The minimum Gasteiger partial charge on any atom is -0.352 e. The average Bonchev–Trinajstić information content (AvgIpc) is 2.98. The molecule has 2 aliphatic rings. The lowest BCUT2D eigenvalue weighted by atomic mass is 9.89. The molecule has 1 saturated heterocycles. The van der Waals surface area contributed by atoms with Crippen molar-refractivity contribution in [2.24, 2.45) is 5.92 Å². The van der Waals surface area contributed by atoms with Crippen LogP contribution in [-0.4, -0.2) is 30.9 Å². The molecule has 1 fully saturated rings. The molecular weight excluding hydrogens is 266 g/mol. The second-order valence-corrected chi connectivity index (χ2v) is 5.84. The predicted octanol–water partition coefficient (Wildman–Crippen LogP) is 1.06. The Bertz CT molecular complexity index is 538. The van der Waals surface area contributed by atoms with E-state index in [9.17, 15) is 9.59 Å². The number of para-hydroxylation sites is 1. The van der Waals surface area contributed by atoms with Crippen molar-refractivity contribution in [2.75, 3.05) is 18.4 Å². The van der Waals surface area contributed by atoms with Crippen LogP contribution in [0.4, 0.5) is 5.69 Å². The van der Waals surface area contributed by atoms with Crippen LogP contribution in [0.3, 0.4) is 0 Å². The molecule has 1 aromatic carbocycles. The zero-order chi connectivity index (χ0) is 14.7. The van der Waals surface area contributed by atoms with Crippen LogP contribution in [0.2, 0.25) is 0 Å². The maximum absolute atomic E-state index is 12.1. The van der Waals surface area contributed by atoms with Gasteiger partial charge in [-0.3, -0.25) is 9.59 Å². The van der Waals surface area contributed by atoms with E-state index in [1.807, 2.05) is 24.3 Å². The van der Waals surface area contributed by atoms with Gasteiger partial charge in [0.2, 0.25) is 11.8 Å². The first kappa shape index (κ1) is 14.1. The number of carbonyl (C=O) groups excluding carboxylic acids is 2. The summed E-state index contributed by atoms with van der Waals surface area (Å²) in [5, 5.41) is 9.17. The maximum atomic E-state index is 12.1. The summed E-state index contributed by atoms with van der Waals surface area (Å²) >= 11 is 0. The summed E-state index contributed by atoms with van der Waals surface area (Å²) in [4.78, 5) is 24.0. The quantitative estimate of drug-likeness (QED) is 0.775. The summed E-state index contributed by atoms with van der Waals surface area (Å²) < 4.78 is 0. The Kier molecular flexibility index (Phi) is 4.20. The van der Waals surface area contributed by atoms with E-state index in [-0.39, 0.29) is 23.8 Å². The molecule has 0 radical (unpaired) electrons. The fourth-order valence-electron chi connectivity index (χ4n) is 3.03. The molecule has 0 spiro atoms. The summed E-state index contributed by atoms with van der Waals surface area (Å²) in [6.07, 6.45) is 2.73. The third-order valence-electron chi connectivity index (χ3n) is 4.26. The van der Waals surface area contributed by atoms with Gasteiger partial charge < -0.3 is 16.0 Å². The fraction of sp³-hybridized carbons (Fsp3) is 0.500. The van der Waals surface area contributed by atoms with Gasteiger partial charge in [0.25, 0.3) is 0 Å². The van der Waals surface area contributed by atoms with Crippen LogP contribution < -0.4 is 16.0 Å². The van der Waals surface area contributed by atoms with Crippen LogP contribution in [-0.2, 0) is 16.0 Å². The molecule has 2 atom stereocenters. The van der Waals surface area contributed by atoms with Crippen molar-refractivity contribution < 1.29 is 9.59 Å². The summed E-state index contributed by atoms with van der Waals surface area (Å²) in [6, 6.07) is 8.10. The molecule has 0 saturated carbocycles. The van der Waals surface area contributed by atoms with Crippen molar-refractivity contribution in [3.8, 4) is 0 Å². The van der Waals surface area contributed by atoms with Crippen LogP contribution in [0.25, 0.3) is 0 Å². The Morgan fingerprint density at radius 2 is 2.19 bits per heavy atom. The van der Waals surface area contributed by atoms with Crippen LogP contribution in [0.1, 0.15) is 24.8 Å². The van der Waals surface area contributed by atoms with Crippen LogP contribution in [0.5, 0.6) is 0 Å². The lowest BCUT2D eigenvalue weighted by molar-refractivity contribution is -0.123. The van der Waals surface area contributed by atoms with E-state index >= 15 is 0 Å². The highest BCUT2D eigenvalue weighted by molar-refractivity contribution is 5.96. The first-order valence-corrected chi connectivity index (χ1v) is 7.61. The molecular formula is C16H21N3O2. The predicted molar refractivity (Wildman–Crippen MR) is 80.9 cm³/mol. The summed E-state index contributed by atoms with van der Waals surface area (Å²) in [6.45, 7) is 1.82. The topological polar surface area (TPSA) is 70.2 Å². The molecule has 2 amide bonds.